The molecule has 0 saturated carbocycles. The van der Waals surface area contributed by atoms with Gasteiger partial charge in [-0.2, -0.15) is 5.10 Å². The van der Waals surface area contributed by atoms with Crippen molar-refractivity contribution in [3.05, 3.63) is 48.3 Å². The third-order valence-corrected chi connectivity index (χ3v) is 4.72. The lowest BCUT2D eigenvalue weighted by molar-refractivity contribution is 0.221. The third-order valence-electron chi connectivity index (χ3n) is 4.72. The van der Waals surface area contributed by atoms with Crippen LogP contribution in [0.4, 0.5) is 0 Å². The van der Waals surface area contributed by atoms with E-state index < -0.39 is 0 Å². The molecule has 1 aromatic carbocycles. The van der Waals surface area contributed by atoms with Gasteiger partial charge in [0.05, 0.1) is 0 Å². The number of hydrogen-bond donors (Lipinski definition) is 3. The molecule has 0 amide bonds. The van der Waals surface area contributed by atoms with Crippen molar-refractivity contribution in [1.82, 2.24) is 30.7 Å². The van der Waals surface area contributed by atoms with E-state index in [9.17, 15) is 0 Å². The van der Waals surface area contributed by atoms with E-state index in [2.05, 4.69) is 61.3 Å². The van der Waals surface area contributed by atoms with Crippen molar-refractivity contribution < 1.29 is 0 Å². The first-order chi connectivity index (χ1) is 13.1. The highest BCUT2D eigenvalue weighted by atomic mass is 15.2. The molecule has 0 spiro atoms. The lowest BCUT2D eigenvalue weighted by Crippen LogP contribution is -2.48. The number of aromatic amines is 1. The van der Waals surface area contributed by atoms with Crippen LogP contribution in [-0.4, -0.2) is 58.8 Å². The number of piperidine rings is 1. The summed E-state index contributed by atoms with van der Waals surface area (Å²) in [6.07, 6.45) is 3.76. The molecule has 0 radical (unpaired) electrons. The van der Waals surface area contributed by atoms with Crippen LogP contribution in [0.1, 0.15) is 25.3 Å². The van der Waals surface area contributed by atoms with E-state index in [1.807, 2.05) is 19.2 Å². The Hall–Kier alpha value is -2.67. The van der Waals surface area contributed by atoms with Crippen LogP contribution in [0.25, 0.3) is 11.4 Å². The molecule has 1 aliphatic heterocycles. The molecule has 1 aliphatic rings. The van der Waals surface area contributed by atoms with Gasteiger partial charge in [-0.3, -0.25) is 15.0 Å². The Morgan fingerprint density at radius 1 is 1.37 bits per heavy atom. The van der Waals surface area contributed by atoms with E-state index in [4.69, 9.17) is 0 Å². The summed E-state index contributed by atoms with van der Waals surface area (Å²) in [5.74, 6) is 1.62. The van der Waals surface area contributed by atoms with E-state index in [1.54, 1.807) is 0 Å². The van der Waals surface area contributed by atoms with Gasteiger partial charge in [0.25, 0.3) is 0 Å². The summed E-state index contributed by atoms with van der Waals surface area (Å²) in [5.41, 5.74) is 3.43. The van der Waals surface area contributed by atoms with Gasteiger partial charge in [-0.1, -0.05) is 30.4 Å². The summed E-state index contributed by atoms with van der Waals surface area (Å²) in [6.45, 7) is 10.0. The molecule has 3 rings (SSSR count). The first kappa shape index (κ1) is 19.1. The molecule has 2 heterocycles. The summed E-state index contributed by atoms with van der Waals surface area (Å²) < 4.78 is 0. The quantitative estimate of drug-likeness (QED) is 0.414. The maximum atomic E-state index is 4.38. The molecular weight excluding hydrogens is 338 g/mol. The van der Waals surface area contributed by atoms with E-state index in [0.29, 0.717) is 12.6 Å². The minimum atomic E-state index is 0.457. The molecule has 1 aromatic heterocycles. The van der Waals surface area contributed by atoms with E-state index in [0.717, 1.165) is 49.8 Å². The zero-order chi connectivity index (χ0) is 19.1. The van der Waals surface area contributed by atoms with Crippen molar-refractivity contribution in [2.24, 2.45) is 4.99 Å². The van der Waals surface area contributed by atoms with Crippen molar-refractivity contribution in [1.29, 1.82) is 0 Å². The van der Waals surface area contributed by atoms with Crippen LogP contribution >= 0.6 is 0 Å². The lowest BCUT2D eigenvalue weighted by Gasteiger charge is -2.33. The van der Waals surface area contributed by atoms with Crippen molar-refractivity contribution in [3.8, 4) is 11.4 Å². The van der Waals surface area contributed by atoms with Gasteiger partial charge < -0.3 is 10.6 Å². The fourth-order valence-electron chi connectivity index (χ4n) is 3.36. The van der Waals surface area contributed by atoms with Gasteiger partial charge in [-0.05, 0) is 31.4 Å². The van der Waals surface area contributed by atoms with Crippen molar-refractivity contribution in [3.63, 3.8) is 0 Å². The molecule has 0 aliphatic carbocycles. The first-order valence-corrected chi connectivity index (χ1v) is 9.42. The Bertz CT molecular complexity index is 758. The second-order valence-electron chi connectivity index (χ2n) is 7.11. The second kappa shape index (κ2) is 9.32. The lowest BCUT2D eigenvalue weighted by atomic mass is 10.0. The van der Waals surface area contributed by atoms with Gasteiger partial charge >= 0.3 is 0 Å². The number of H-pyrrole nitrogens is 1. The van der Waals surface area contributed by atoms with Crippen LogP contribution in [0.2, 0.25) is 0 Å². The normalized spacial score (nSPS) is 16.3. The average Bonchev–Trinajstić information content (AvgIpc) is 3.21. The zero-order valence-electron chi connectivity index (χ0n) is 16.2. The van der Waals surface area contributed by atoms with Gasteiger partial charge in [-0.25, -0.2) is 4.98 Å². The number of aliphatic imine (C=N–C) groups is 1. The molecule has 2 aromatic rings. The number of benzene rings is 1. The standard InChI is InChI=1S/C20H29N7/c1-15(2)13-27-9-7-18(8-10-27)25-20(21-3)22-12-16-5-4-6-17(11-16)19-23-14-24-26-19/h4-6,11,14,18H,1,7-10,12-13H2,2-3H3,(H2,21,22,25)(H,23,24,26). The molecule has 1 saturated heterocycles. The number of likely N-dealkylation sites (tertiary alicyclic amines) is 1. The first-order valence-electron chi connectivity index (χ1n) is 9.42. The van der Waals surface area contributed by atoms with Crippen molar-refractivity contribution in [2.75, 3.05) is 26.7 Å². The minimum Gasteiger partial charge on any atom is -0.354 e. The SMILES string of the molecule is C=C(C)CN1CCC(NC(=NC)NCc2cccc(-c3ncn[nH]3)c2)CC1. The Labute approximate surface area is 161 Å². The van der Waals surface area contributed by atoms with E-state index >= 15 is 0 Å². The molecule has 0 atom stereocenters. The number of rotatable bonds is 6. The predicted molar refractivity (Wildman–Crippen MR) is 109 cm³/mol. The molecule has 7 heteroatoms. The van der Waals surface area contributed by atoms with E-state index in [1.165, 1.54) is 17.5 Å². The molecule has 0 unspecified atom stereocenters. The summed E-state index contributed by atoms with van der Waals surface area (Å²) in [5, 5.41) is 13.8. The van der Waals surface area contributed by atoms with Gasteiger partial charge in [0.15, 0.2) is 11.8 Å². The summed E-state index contributed by atoms with van der Waals surface area (Å²) >= 11 is 0. The third kappa shape index (κ3) is 5.65. The van der Waals surface area contributed by atoms with Gasteiger partial charge in [0.2, 0.25) is 0 Å². The molecule has 3 N–H and O–H groups in total. The van der Waals surface area contributed by atoms with Crippen LogP contribution < -0.4 is 10.6 Å². The van der Waals surface area contributed by atoms with Gasteiger partial charge in [0, 0.05) is 44.8 Å². The highest BCUT2D eigenvalue weighted by Crippen LogP contribution is 2.15. The highest BCUT2D eigenvalue weighted by molar-refractivity contribution is 5.80. The summed E-state index contributed by atoms with van der Waals surface area (Å²) in [7, 11) is 1.82. The Morgan fingerprint density at radius 2 is 2.19 bits per heavy atom. The molecule has 27 heavy (non-hydrogen) atoms. The monoisotopic (exact) mass is 367 g/mol. The number of nitrogens with one attached hydrogen (secondary N) is 3. The highest BCUT2D eigenvalue weighted by Gasteiger charge is 2.19. The number of aromatic nitrogens is 3. The topological polar surface area (TPSA) is 81.2 Å². The molecule has 0 bridgehead atoms. The van der Waals surface area contributed by atoms with Crippen molar-refractivity contribution >= 4 is 5.96 Å². The average molecular weight is 368 g/mol. The van der Waals surface area contributed by atoms with Crippen LogP contribution in [0.5, 0.6) is 0 Å². The van der Waals surface area contributed by atoms with E-state index in [-0.39, 0.29) is 0 Å². The number of nitrogens with zero attached hydrogens (tertiary/aromatic N) is 4. The fourth-order valence-corrected chi connectivity index (χ4v) is 3.36. The Morgan fingerprint density at radius 3 is 2.85 bits per heavy atom. The van der Waals surface area contributed by atoms with Crippen LogP contribution in [0.3, 0.4) is 0 Å². The van der Waals surface area contributed by atoms with Gasteiger partial charge in [0.1, 0.15) is 6.33 Å². The largest absolute Gasteiger partial charge is 0.354 e. The smallest absolute Gasteiger partial charge is 0.191 e. The molecule has 7 nitrogen and oxygen atoms in total. The predicted octanol–water partition coefficient (Wildman–Crippen LogP) is 2.18. The zero-order valence-corrected chi connectivity index (χ0v) is 16.2. The minimum absolute atomic E-state index is 0.457. The Kier molecular flexibility index (Phi) is 6.59. The van der Waals surface area contributed by atoms with Gasteiger partial charge in [-0.15, -0.1) is 0 Å². The van der Waals surface area contributed by atoms with Crippen LogP contribution in [-0.2, 0) is 6.54 Å². The molecular formula is C20H29N7. The van der Waals surface area contributed by atoms with Crippen LogP contribution in [0.15, 0.2) is 47.7 Å². The van der Waals surface area contributed by atoms with Crippen molar-refractivity contribution in [2.45, 2.75) is 32.4 Å². The number of hydrogen-bond acceptors (Lipinski definition) is 4. The second-order valence-corrected chi connectivity index (χ2v) is 7.11. The van der Waals surface area contributed by atoms with Crippen LogP contribution in [0, 0.1) is 0 Å². The summed E-state index contributed by atoms with van der Waals surface area (Å²) in [6, 6.07) is 8.71. The molecule has 1 fully saturated rings. The molecule has 144 valence electrons. The summed E-state index contributed by atoms with van der Waals surface area (Å²) in [4.78, 5) is 11.0. The number of guanidine groups is 1. The Balaban J connectivity index is 1.49. The maximum Gasteiger partial charge on any atom is 0.191 e. The maximum absolute atomic E-state index is 4.38. The fraction of sp³-hybridized carbons (Fsp3) is 0.450.